The molecule has 2 aromatic heterocycles. The van der Waals surface area contributed by atoms with Crippen LogP contribution in [0.1, 0.15) is 23.2 Å². The van der Waals surface area contributed by atoms with Gasteiger partial charge in [0.25, 0.3) is 5.91 Å². The maximum Gasteiger partial charge on any atom is 0.257 e. The molecule has 3 rings (SSSR count). The highest BCUT2D eigenvalue weighted by atomic mass is 16.5. The molecule has 0 atom stereocenters. The number of nitrogens with zero attached hydrogens (tertiary/aromatic N) is 3. The first-order valence-corrected chi connectivity index (χ1v) is 8.69. The summed E-state index contributed by atoms with van der Waals surface area (Å²) >= 11 is 0. The summed E-state index contributed by atoms with van der Waals surface area (Å²) in [6.45, 7) is 2.20. The van der Waals surface area contributed by atoms with Gasteiger partial charge in [-0.05, 0) is 31.5 Å². The summed E-state index contributed by atoms with van der Waals surface area (Å²) in [7, 11) is 1.63. The second-order valence-electron chi connectivity index (χ2n) is 6.04. The monoisotopic (exact) mass is 356 g/mol. The SMILES string of the molecule is COCCCNC(=O)c1c(N)n(CCCN)c2nc3ccccc3nc12. The molecular formula is C18H24N6O2. The molecule has 0 fully saturated rings. The zero-order valence-electron chi connectivity index (χ0n) is 14.9. The van der Waals surface area contributed by atoms with Gasteiger partial charge in [0.1, 0.15) is 16.9 Å². The summed E-state index contributed by atoms with van der Waals surface area (Å²) in [6.07, 6.45) is 1.46. The molecule has 0 saturated heterocycles. The molecule has 1 aromatic carbocycles. The number of methoxy groups -OCH3 is 1. The average molecular weight is 356 g/mol. The van der Waals surface area contributed by atoms with Gasteiger partial charge in [0.2, 0.25) is 0 Å². The van der Waals surface area contributed by atoms with E-state index >= 15 is 0 Å². The molecule has 5 N–H and O–H groups in total. The number of benzene rings is 1. The zero-order valence-corrected chi connectivity index (χ0v) is 14.9. The highest BCUT2D eigenvalue weighted by Gasteiger charge is 2.23. The van der Waals surface area contributed by atoms with Gasteiger partial charge in [0.05, 0.1) is 11.0 Å². The van der Waals surface area contributed by atoms with Gasteiger partial charge in [-0.25, -0.2) is 9.97 Å². The Morgan fingerprint density at radius 1 is 1.23 bits per heavy atom. The number of nitrogen functional groups attached to an aromatic ring is 1. The molecule has 0 bridgehead atoms. The normalized spacial score (nSPS) is 11.3. The number of aryl methyl sites for hydroxylation is 1. The van der Waals surface area contributed by atoms with E-state index in [4.69, 9.17) is 16.2 Å². The van der Waals surface area contributed by atoms with Crippen LogP contribution in [0.4, 0.5) is 5.82 Å². The summed E-state index contributed by atoms with van der Waals surface area (Å²) < 4.78 is 6.83. The minimum atomic E-state index is -0.250. The van der Waals surface area contributed by atoms with Crippen molar-refractivity contribution in [3.05, 3.63) is 29.8 Å². The molecule has 0 unspecified atom stereocenters. The number of nitrogens with one attached hydrogen (secondary N) is 1. The first kappa shape index (κ1) is 18.1. The van der Waals surface area contributed by atoms with Crippen LogP contribution < -0.4 is 16.8 Å². The van der Waals surface area contributed by atoms with E-state index in [1.807, 2.05) is 28.8 Å². The van der Waals surface area contributed by atoms with Crippen molar-refractivity contribution >= 4 is 33.9 Å². The topological polar surface area (TPSA) is 121 Å². The number of aromatic nitrogens is 3. The number of carbonyl (C=O) groups excluding carboxylic acids is 1. The minimum absolute atomic E-state index is 0.250. The molecule has 2 heterocycles. The fourth-order valence-corrected chi connectivity index (χ4v) is 2.92. The van der Waals surface area contributed by atoms with Gasteiger partial charge in [0.15, 0.2) is 5.65 Å². The maximum absolute atomic E-state index is 12.7. The van der Waals surface area contributed by atoms with Crippen LogP contribution in [0.15, 0.2) is 24.3 Å². The van der Waals surface area contributed by atoms with E-state index in [9.17, 15) is 4.79 Å². The number of para-hydroxylation sites is 2. The highest BCUT2D eigenvalue weighted by Crippen LogP contribution is 2.28. The Labute approximate surface area is 151 Å². The van der Waals surface area contributed by atoms with E-state index in [1.54, 1.807) is 7.11 Å². The summed E-state index contributed by atoms with van der Waals surface area (Å²) in [6, 6.07) is 7.56. The summed E-state index contributed by atoms with van der Waals surface area (Å²) in [5.74, 6) is 0.118. The number of rotatable bonds is 8. The van der Waals surface area contributed by atoms with Gasteiger partial charge in [0, 0.05) is 26.8 Å². The minimum Gasteiger partial charge on any atom is -0.385 e. The molecule has 8 nitrogen and oxygen atoms in total. The number of hydrogen-bond acceptors (Lipinski definition) is 6. The quantitative estimate of drug-likeness (QED) is 0.523. The van der Waals surface area contributed by atoms with Crippen LogP contribution in [0, 0.1) is 0 Å². The van der Waals surface area contributed by atoms with Crippen molar-refractivity contribution in [2.75, 3.05) is 32.5 Å². The maximum atomic E-state index is 12.7. The van der Waals surface area contributed by atoms with E-state index < -0.39 is 0 Å². The van der Waals surface area contributed by atoms with Crippen molar-refractivity contribution in [1.29, 1.82) is 0 Å². The van der Waals surface area contributed by atoms with Gasteiger partial charge in [-0.3, -0.25) is 4.79 Å². The molecular weight excluding hydrogens is 332 g/mol. The lowest BCUT2D eigenvalue weighted by molar-refractivity contribution is 0.0951. The largest absolute Gasteiger partial charge is 0.385 e. The van der Waals surface area contributed by atoms with Crippen LogP contribution in [0.25, 0.3) is 22.2 Å². The van der Waals surface area contributed by atoms with Crippen molar-refractivity contribution < 1.29 is 9.53 Å². The summed E-state index contributed by atoms with van der Waals surface area (Å²) in [5.41, 5.74) is 14.9. The van der Waals surface area contributed by atoms with E-state index in [2.05, 4.69) is 15.3 Å². The van der Waals surface area contributed by atoms with Crippen LogP contribution in [0.5, 0.6) is 0 Å². The predicted molar refractivity (Wildman–Crippen MR) is 102 cm³/mol. The first-order valence-electron chi connectivity index (χ1n) is 8.69. The van der Waals surface area contributed by atoms with Crippen LogP contribution in [-0.2, 0) is 11.3 Å². The Morgan fingerprint density at radius 2 is 1.96 bits per heavy atom. The van der Waals surface area contributed by atoms with Crippen molar-refractivity contribution in [3.63, 3.8) is 0 Å². The van der Waals surface area contributed by atoms with Crippen molar-refractivity contribution in [2.24, 2.45) is 5.73 Å². The molecule has 1 amide bonds. The Balaban J connectivity index is 2.06. The lowest BCUT2D eigenvalue weighted by Crippen LogP contribution is -2.26. The van der Waals surface area contributed by atoms with Gasteiger partial charge in [-0.2, -0.15) is 0 Å². The number of amides is 1. The second-order valence-corrected chi connectivity index (χ2v) is 6.04. The summed E-state index contributed by atoms with van der Waals surface area (Å²) in [4.78, 5) is 22.1. The van der Waals surface area contributed by atoms with Gasteiger partial charge >= 0.3 is 0 Å². The molecule has 0 aliphatic carbocycles. The standard InChI is InChI=1S/C18H24N6O2/c1-26-11-5-9-21-18(25)14-15-17(24(16(14)20)10-4-8-19)23-13-7-3-2-6-12(13)22-15/h2-3,6-7H,4-5,8-11,19-20H2,1H3,(H,21,25). The van der Waals surface area contributed by atoms with E-state index in [1.165, 1.54) is 0 Å². The smallest absolute Gasteiger partial charge is 0.257 e. The van der Waals surface area contributed by atoms with Crippen LogP contribution in [0.3, 0.4) is 0 Å². The number of hydrogen-bond donors (Lipinski definition) is 3. The number of nitrogens with two attached hydrogens (primary N) is 2. The van der Waals surface area contributed by atoms with E-state index in [0.29, 0.717) is 48.8 Å². The lowest BCUT2D eigenvalue weighted by atomic mass is 10.2. The summed E-state index contributed by atoms with van der Waals surface area (Å²) in [5, 5.41) is 2.88. The van der Waals surface area contributed by atoms with Crippen molar-refractivity contribution in [3.8, 4) is 0 Å². The van der Waals surface area contributed by atoms with Crippen molar-refractivity contribution in [2.45, 2.75) is 19.4 Å². The van der Waals surface area contributed by atoms with Gasteiger partial charge < -0.3 is 26.1 Å². The third-order valence-corrected chi connectivity index (χ3v) is 4.22. The Bertz CT molecular complexity index is 921. The molecule has 0 aliphatic rings. The molecule has 0 spiro atoms. The van der Waals surface area contributed by atoms with E-state index in [0.717, 1.165) is 23.9 Å². The molecule has 138 valence electrons. The van der Waals surface area contributed by atoms with E-state index in [-0.39, 0.29) is 5.91 Å². The molecule has 3 aromatic rings. The Morgan fingerprint density at radius 3 is 2.65 bits per heavy atom. The van der Waals surface area contributed by atoms with Gasteiger partial charge in [-0.1, -0.05) is 12.1 Å². The predicted octanol–water partition coefficient (Wildman–Crippen LogP) is 1.28. The second kappa shape index (κ2) is 8.11. The number of carbonyl (C=O) groups is 1. The number of fused-ring (bicyclic) bond motifs is 2. The molecule has 0 aliphatic heterocycles. The number of anilines is 1. The number of ether oxygens (including phenoxy) is 1. The fourth-order valence-electron chi connectivity index (χ4n) is 2.92. The Kier molecular flexibility index (Phi) is 5.65. The molecule has 26 heavy (non-hydrogen) atoms. The third kappa shape index (κ3) is 3.47. The first-order chi connectivity index (χ1) is 12.7. The molecule has 8 heteroatoms. The zero-order chi connectivity index (χ0) is 18.5. The third-order valence-electron chi connectivity index (χ3n) is 4.22. The van der Waals surface area contributed by atoms with Crippen LogP contribution >= 0.6 is 0 Å². The van der Waals surface area contributed by atoms with Crippen LogP contribution in [0.2, 0.25) is 0 Å². The molecule has 0 saturated carbocycles. The van der Waals surface area contributed by atoms with Crippen molar-refractivity contribution in [1.82, 2.24) is 19.9 Å². The van der Waals surface area contributed by atoms with Gasteiger partial charge in [-0.15, -0.1) is 0 Å². The van der Waals surface area contributed by atoms with Crippen LogP contribution in [-0.4, -0.2) is 47.2 Å². The highest BCUT2D eigenvalue weighted by molar-refractivity contribution is 6.10. The Hall–Kier alpha value is -2.71. The lowest BCUT2D eigenvalue weighted by Gasteiger charge is -2.07. The fraction of sp³-hybridized carbons (Fsp3) is 0.389. The molecule has 0 radical (unpaired) electrons. The average Bonchev–Trinajstić information content (AvgIpc) is 2.92.